The maximum Gasteiger partial charge on any atom is 0.422 e. The number of benzene rings is 2. The van der Waals surface area contributed by atoms with Crippen molar-refractivity contribution in [1.29, 1.82) is 0 Å². The number of para-hydroxylation sites is 1. The Kier molecular flexibility index (Phi) is 7.64. The van der Waals surface area contributed by atoms with Gasteiger partial charge in [-0.25, -0.2) is 4.79 Å². The number of piperidine rings is 1. The number of halogens is 3. The highest BCUT2D eigenvalue weighted by Crippen LogP contribution is 2.33. The fourth-order valence-corrected chi connectivity index (χ4v) is 5.14. The minimum Gasteiger partial charge on any atom is -0.489 e. The maximum atomic E-state index is 13.1. The van der Waals surface area contributed by atoms with Crippen LogP contribution >= 0.6 is 0 Å². The first-order valence-corrected chi connectivity index (χ1v) is 12.8. The van der Waals surface area contributed by atoms with Gasteiger partial charge in [0.05, 0.1) is 12.1 Å². The van der Waals surface area contributed by atoms with Gasteiger partial charge in [0.1, 0.15) is 24.2 Å². The highest BCUT2D eigenvalue weighted by molar-refractivity contribution is 5.91. The van der Waals surface area contributed by atoms with Crippen LogP contribution in [-0.4, -0.2) is 68.0 Å². The fourth-order valence-electron chi connectivity index (χ4n) is 5.14. The van der Waals surface area contributed by atoms with Crippen LogP contribution in [-0.2, 0) is 22.6 Å². The molecule has 2 saturated heterocycles. The van der Waals surface area contributed by atoms with E-state index in [0.29, 0.717) is 43.8 Å². The maximum absolute atomic E-state index is 13.1. The van der Waals surface area contributed by atoms with Gasteiger partial charge in [-0.3, -0.25) is 9.69 Å². The molecular weight excluding hydrogens is 503 g/mol. The third kappa shape index (κ3) is 6.15. The fraction of sp³-hybridized carbons (Fsp3) is 0.481. The van der Waals surface area contributed by atoms with Crippen LogP contribution in [0.5, 0.6) is 11.5 Å². The number of nitrogens with one attached hydrogen (secondary N) is 1. The molecule has 2 aromatic carbocycles. The summed E-state index contributed by atoms with van der Waals surface area (Å²) in [6.07, 6.45) is -3.14. The quantitative estimate of drug-likeness (QED) is 0.579. The zero-order valence-electron chi connectivity index (χ0n) is 20.8. The van der Waals surface area contributed by atoms with Crippen molar-refractivity contribution in [2.75, 3.05) is 37.7 Å². The predicted molar refractivity (Wildman–Crippen MR) is 132 cm³/mol. The summed E-state index contributed by atoms with van der Waals surface area (Å²) in [5.74, 6) is 0.180. The Hall–Kier alpha value is -3.47. The second kappa shape index (κ2) is 11.1. The van der Waals surface area contributed by atoms with E-state index in [1.807, 2.05) is 24.3 Å². The van der Waals surface area contributed by atoms with E-state index in [4.69, 9.17) is 14.2 Å². The van der Waals surface area contributed by atoms with E-state index < -0.39 is 18.9 Å². The van der Waals surface area contributed by atoms with Gasteiger partial charge in [0.2, 0.25) is 5.91 Å². The molecule has 3 heterocycles. The van der Waals surface area contributed by atoms with Gasteiger partial charge in [0.25, 0.3) is 0 Å². The number of cyclic esters (lactones) is 1. The first-order chi connectivity index (χ1) is 18.3. The molecular formula is C27H30F3N3O5. The molecule has 2 amide bonds. The molecule has 5 rings (SSSR count). The van der Waals surface area contributed by atoms with Crippen molar-refractivity contribution >= 4 is 17.7 Å². The van der Waals surface area contributed by atoms with Crippen molar-refractivity contribution in [3.8, 4) is 11.5 Å². The molecule has 1 unspecified atom stereocenters. The van der Waals surface area contributed by atoms with E-state index in [0.717, 1.165) is 24.2 Å². The first kappa shape index (κ1) is 26.1. The van der Waals surface area contributed by atoms with Crippen LogP contribution in [0.4, 0.5) is 23.7 Å². The van der Waals surface area contributed by atoms with E-state index in [1.165, 1.54) is 6.07 Å². The van der Waals surface area contributed by atoms with Crippen molar-refractivity contribution in [2.24, 2.45) is 0 Å². The van der Waals surface area contributed by atoms with Gasteiger partial charge in [0, 0.05) is 42.9 Å². The Labute approximate surface area is 218 Å². The number of carbonyl (C=O) groups is 2. The summed E-state index contributed by atoms with van der Waals surface area (Å²) in [7, 11) is 0. The average Bonchev–Trinajstić information content (AvgIpc) is 3.41. The summed E-state index contributed by atoms with van der Waals surface area (Å²) in [6.45, 7) is 1.10. The van der Waals surface area contributed by atoms with Crippen molar-refractivity contribution in [3.05, 3.63) is 53.6 Å². The van der Waals surface area contributed by atoms with Crippen molar-refractivity contribution in [1.82, 2.24) is 10.2 Å². The number of fused-ring (bicyclic) bond motifs is 1. The number of amides is 2. The molecule has 0 aliphatic carbocycles. The number of hydrogen-bond acceptors (Lipinski definition) is 6. The van der Waals surface area contributed by atoms with Gasteiger partial charge in [-0.05, 0) is 37.9 Å². The van der Waals surface area contributed by atoms with Crippen molar-refractivity contribution in [3.63, 3.8) is 0 Å². The third-order valence-electron chi connectivity index (χ3n) is 7.07. The van der Waals surface area contributed by atoms with Crippen LogP contribution < -0.4 is 19.7 Å². The van der Waals surface area contributed by atoms with Gasteiger partial charge in [-0.2, -0.15) is 13.2 Å². The molecule has 0 spiro atoms. The van der Waals surface area contributed by atoms with Crippen LogP contribution in [0, 0.1) is 0 Å². The molecule has 204 valence electrons. The lowest BCUT2D eigenvalue weighted by molar-refractivity contribution is -0.153. The lowest BCUT2D eigenvalue weighted by Gasteiger charge is -2.40. The first-order valence-electron chi connectivity index (χ1n) is 12.8. The Morgan fingerprint density at radius 1 is 1.11 bits per heavy atom. The summed E-state index contributed by atoms with van der Waals surface area (Å²) < 4.78 is 55.0. The molecule has 8 nitrogen and oxygen atoms in total. The Bertz CT molecular complexity index is 1160. The van der Waals surface area contributed by atoms with Crippen LogP contribution in [0.1, 0.15) is 30.4 Å². The van der Waals surface area contributed by atoms with E-state index in [-0.39, 0.29) is 36.8 Å². The van der Waals surface area contributed by atoms with Gasteiger partial charge in [-0.1, -0.05) is 24.3 Å². The lowest BCUT2D eigenvalue weighted by Crippen LogP contribution is -2.50. The second-order valence-electron chi connectivity index (χ2n) is 9.75. The zero-order valence-corrected chi connectivity index (χ0v) is 20.8. The number of anilines is 1. The molecule has 0 radical (unpaired) electrons. The normalized spacial score (nSPS) is 20.2. The van der Waals surface area contributed by atoms with Gasteiger partial charge in [0.15, 0.2) is 6.61 Å². The van der Waals surface area contributed by atoms with E-state index in [1.54, 1.807) is 21.9 Å². The van der Waals surface area contributed by atoms with Crippen LogP contribution in [0.15, 0.2) is 42.5 Å². The minimum absolute atomic E-state index is 0.0123. The number of likely N-dealkylation sites (tertiary alicyclic amines) is 1. The largest absolute Gasteiger partial charge is 0.489 e. The monoisotopic (exact) mass is 533 g/mol. The Morgan fingerprint density at radius 3 is 2.63 bits per heavy atom. The topological polar surface area (TPSA) is 80.3 Å². The smallest absolute Gasteiger partial charge is 0.422 e. The summed E-state index contributed by atoms with van der Waals surface area (Å²) >= 11 is 0. The Morgan fingerprint density at radius 2 is 1.89 bits per heavy atom. The number of nitrogens with zero attached hydrogens (tertiary/aromatic N) is 2. The molecule has 2 fully saturated rings. The van der Waals surface area contributed by atoms with Crippen molar-refractivity contribution < 1.29 is 37.0 Å². The van der Waals surface area contributed by atoms with Crippen molar-refractivity contribution in [2.45, 2.75) is 50.6 Å². The van der Waals surface area contributed by atoms with Crippen LogP contribution in [0.25, 0.3) is 0 Å². The second-order valence-corrected chi connectivity index (χ2v) is 9.75. The van der Waals surface area contributed by atoms with Crippen LogP contribution in [0.3, 0.4) is 0 Å². The molecule has 1 N–H and O–H groups in total. The van der Waals surface area contributed by atoms with E-state index in [2.05, 4.69) is 5.32 Å². The molecule has 0 saturated carbocycles. The summed E-state index contributed by atoms with van der Waals surface area (Å²) in [5.41, 5.74) is 2.14. The van der Waals surface area contributed by atoms with Gasteiger partial charge >= 0.3 is 12.3 Å². The number of rotatable bonds is 7. The number of alkyl halides is 3. The molecule has 3 aliphatic rings. The highest BCUT2D eigenvalue weighted by atomic mass is 19.4. The van der Waals surface area contributed by atoms with Gasteiger partial charge < -0.3 is 24.4 Å². The zero-order chi connectivity index (χ0) is 26.7. The predicted octanol–water partition coefficient (Wildman–Crippen LogP) is 4.06. The third-order valence-corrected chi connectivity index (χ3v) is 7.07. The number of hydrogen-bond donors (Lipinski definition) is 1. The van der Waals surface area contributed by atoms with Crippen LogP contribution in [0.2, 0.25) is 0 Å². The lowest BCUT2D eigenvalue weighted by atomic mass is 10.00. The standard InChI is InChI=1S/C27H30F3N3O5/c28-27(29,30)17-37-24-14-21(38-22-7-10-31-15-22)6-5-18(24)13-25(34)32-11-8-20(9-12-32)33-23-4-2-1-3-19(23)16-36-26(33)35/h1-6,14,20,22,31H,7-13,15-17H2. The number of ether oxygens (including phenoxy) is 3. The SMILES string of the molecule is O=C(Cc1ccc(OC2CCNC2)cc1OCC(F)(F)F)N1CCC(N2C(=O)OCc3ccccc32)CC1. The van der Waals surface area contributed by atoms with E-state index >= 15 is 0 Å². The molecule has 2 aromatic rings. The Balaban J connectivity index is 1.23. The summed E-state index contributed by atoms with van der Waals surface area (Å²) in [6, 6.07) is 12.2. The summed E-state index contributed by atoms with van der Waals surface area (Å²) in [4.78, 5) is 29.0. The molecule has 11 heteroatoms. The molecule has 1 atom stereocenters. The average molecular weight is 534 g/mol. The van der Waals surface area contributed by atoms with E-state index in [9.17, 15) is 22.8 Å². The minimum atomic E-state index is -4.51. The van der Waals surface area contributed by atoms with Gasteiger partial charge in [-0.15, -0.1) is 0 Å². The molecule has 0 bridgehead atoms. The summed E-state index contributed by atoms with van der Waals surface area (Å²) in [5, 5.41) is 3.17. The number of carbonyl (C=O) groups excluding carboxylic acids is 2. The molecule has 0 aromatic heterocycles. The molecule has 3 aliphatic heterocycles. The highest BCUT2D eigenvalue weighted by Gasteiger charge is 2.35. The molecule has 38 heavy (non-hydrogen) atoms.